The van der Waals surface area contributed by atoms with Gasteiger partial charge in [-0.2, -0.15) is 0 Å². The zero-order valence-electron chi connectivity index (χ0n) is 10.7. The van der Waals surface area contributed by atoms with E-state index in [4.69, 9.17) is 0 Å². The summed E-state index contributed by atoms with van der Waals surface area (Å²) in [7, 11) is -1.26. The van der Waals surface area contributed by atoms with Crippen molar-refractivity contribution >= 4 is 9.84 Å². The molecule has 0 saturated heterocycles. The maximum Gasteiger partial charge on any atom is 0.151 e. The van der Waals surface area contributed by atoms with Gasteiger partial charge in [0.05, 0.1) is 10.9 Å². The van der Waals surface area contributed by atoms with E-state index >= 15 is 0 Å². The van der Waals surface area contributed by atoms with Gasteiger partial charge in [0.15, 0.2) is 9.84 Å². The fourth-order valence-electron chi connectivity index (χ4n) is 1.68. The minimum atomic E-state index is -3.06. The molecular formula is C10H20N4O2S. The first-order valence-corrected chi connectivity index (χ1v) is 7.57. The Morgan fingerprint density at radius 3 is 2.59 bits per heavy atom. The minimum Gasteiger partial charge on any atom is -0.313 e. The highest BCUT2D eigenvalue weighted by atomic mass is 32.2. The van der Waals surface area contributed by atoms with Crippen molar-refractivity contribution in [2.75, 3.05) is 12.8 Å². The second-order valence-corrected chi connectivity index (χ2v) is 6.69. The summed E-state index contributed by atoms with van der Waals surface area (Å²) < 4.78 is 24.7. The summed E-state index contributed by atoms with van der Waals surface area (Å²) in [6, 6.07) is -0.133. The molecule has 0 bridgehead atoms. The lowest BCUT2D eigenvalue weighted by atomic mass is 10.1. The number of sulfone groups is 1. The Kier molecular flexibility index (Phi) is 4.64. The van der Waals surface area contributed by atoms with Crippen LogP contribution in [0.2, 0.25) is 0 Å². The fourth-order valence-corrected chi connectivity index (χ4v) is 2.47. The van der Waals surface area contributed by atoms with Gasteiger partial charge >= 0.3 is 0 Å². The van der Waals surface area contributed by atoms with Crippen LogP contribution in [0, 0.1) is 0 Å². The van der Waals surface area contributed by atoms with Crippen LogP contribution in [-0.4, -0.2) is 47.5 Å². The monoisotopic (exact) mass is 260 g/mol. The highest BCUT2D eigenvalue weighted by Gasteiger charge is 2.26. The van der Waals surface area contributed by atoms with E-state index in [9.17, 15) is 8.42 Å². The summed E-state index contributed by atoms with van der Waals surface area (Å²) in [6.07, 6.45) is 3.63. The molecule has 0 aliphatic carbocycles. The van der Waals surface area contributed by atoms with Crippen LogP contribution in [-0.2, 0) is 23.3 Å². The third-order valence-electron chi connectivity index (χ3n) is 2.79. The summed E-state index contributed by atoms with van der Waals surface area (Å²) >= 11 is 0. The summed E-state index contributed by atoms with van der Waals surface area (Å²) in [6.45, 7) is 4.41. The first-order chi connectivity index (χ1) is 7.84. The third kappa shape index (κ3) is 4.08. The van der Waals surface area contributed by atoms with Gasteiger partial charge < -0.3 is 5.32 Å². The topological polar surface area (TPSA) is 76.9 Å². The number of nitrogens with zero attached hydrogens (tertiary/aromatic N) is 3. The lowest BCUT2D eigenvalue weighted by Gasteiger charge is -2.22. The predicted octanol–water partition coefficient (Wildman–Crippen LogP) is -0.231. The van der Waals surface area contributed by atoms with E-state index in [0.717, 1.165) is 12.2 Å². The number of likely N-dealkylation sites (N-methyl/N-ethyl adjacent to an activating group) is 1. The molecule has 17 heavy (non-hydrogen) atoms. The SMILES string of the molecule is CCNC(Cc1cn(C)nn1)C(C)S(C)(=O)=O. The normalized spacial score (nSPS) is 15.8. The molecule has 0 radical (unpaired) electrons. The van der Waals surface area contributed by atoms with E-state index in [-0.39, 0.29) is 6.04 Å². The van der Waals surface area contributed by atoms with Crippen LogP contribution < -0.4 is 5.32 Å². The highest BCUT2D eigenvalue weighted by molar-refractivity contribution is 7.91. The molecule has 0 aliphatic rings. The fraction of sp³-hybridized carbons (Fsp3) is 0.800. The summed E-state index contributed by atoms with van der Waals surface area (Å²) in [5, 5.41) is 10.6. The van der Waals surface area contributed by atoms with E-state index in [2.05, 4.69) is 15.6 Å². The molecule has 1 aromatic rings. The second-order valence-electron chi connectivity index (χ2n) is 4.29. The molecule has 0 fully saturated rings. The Morgan fingerprint density at radius 1 is 1.53 bits per heavy atom. The molecule has 0 spiro atoms. The Hall–Kier alpha value is -0.950. The van der Waals surface area contributed by atoms with Crippen molar-refractivity contribution in [3.05, 3.63) is 11.9 Å². The first-order valence-electron chi connectivity index (χ1n) is 5.62. The number of nitrogens with one attached hydrogen (secondary N) is 1. The van der Waals surface area contributed by atoms with E-state index in [1.807, 2.05) is 6.92 Å². The molecule has 0 aliphatic heterocycles. The Balaban J connectivity index is 2.79. The van der Waals surface area contributed by atoms with E-state index in [0.29, 0.717) is 6.42 Å². The molecule has 2 unspecified atom stereocenters. The molecule has 0 amide bonds. The van der Waals surface area contributed by atoms with Crippen molar-refractivity contribution in [2.24, 2.45) is 7.05 Å². The highest BCUT2D eigenvalue weighted by Crippen LogP contribution is 2.09. The quantitative estimate of drug-likeness (QED) is 0.764. The minimum absolute atomic E-state index is 0.133. The zero-order valence-corrected chi connectivity index (χ0v) is 11.5. The van der Waals surface area contributed by atoms with Crippen molar-refractivity contribution in [3.8, 4) is 0 Å². The maximum atomic E-state index is 11.6. The van der Waals surface area contributed by atoms with Crippen LogP contribution in [0.4, 0.5) is 0 Å². The Morgan fingerprint density at radius 2 is 2.18 bits per heavy atom. The van der Waals surface area contributed by atoms with Gasteiger partial charge in [-0.15, -0.1) is 5.10 Å². The van der Waals surface area contributed by atoms with Crippen molar-refractivity contribution in [3.63, 3.8) is 0 Å². The molecule has 6 nitrogen and oxygen atoms in total. The van der Waals surface area contributed by atoms with Crippen LogP contribution in [0.25, 0.3) is 0 Å². The standard InChI is InChI=1S/C10H20N4O2S/c1-5-11-10(8(2)17(4,15)16)6-9-7-14(3)13-12-9/h7-8,10-11H,5-6H2,1-4H3. The molecular weight excluding hydrogens is 240 g/mol. The van der Waals surface area contributed by atoms with Crippen molar-refractivity contribution in [1.82, 2.24) is 20.3 Å². The largest absolute Gasteiger partial charge is 0.313 e. The van der Waals surface area contributed by atoms with Crippen LogP contribution in [0.3, 0.4) is 0 Å². The van der Waals surface area contributed by atoms with Gasteiger partial charge in [-0.25, -0.2) is 8.42 Å². The lowest BCUT2D eigenvalue weighted by Crippen LogP contribution is -2.43. The average Bonchev–Trinajstić information content (AvgIpc) is 2.61. The summed E-state index contributed by atoms with van der Waals surface area (Å²) in [5.41, 5.74) is 0.800. The Bertz CT molecular complexity index is 455. The zero-order chi connectivity index (χ0) is 13.1. The van der Waals surface area contributed by atoms with Crippen LogP contribution >= 0.6 is 0 Å². The maximum absolute atomic E-state index is 11.6. The van der Waals surface area contributed by atoms with Crippen LogP contribution in [0.15, 0.2) is 6.20 Å². The molecule has 1 aromatic heterocycles. The number of rotatable bonds is 6. The molecule has 1 rings (SSSR count). The Labute approximate surface area is 102 Å². The predicted molar refractivity (Wildman–Crippen MR) is 66.5 cm³/mol. The van der Waals surface area contributed by atoms with Crippen molar-refractivity contribution < 1.29 is 8.42 Å². The second kappa shape index (κ2) is 5.59. The third-order valence-corrected chi connectivity index (χ3v) is 4.47. The molecule has 2 atom stereocenters. The smallest absolute Gasteiger partial charge is 0.151 e. The molecule has 1 heterocycles. The number of hydrogen-bond donors (Lipinski definition) is 1. The van der Waals surface area contributed by atoms with E-state index < -0.39 is 15.1 Å². The van der Waals surface area contributed by atoms with Gasteiger partial charge in [0.25, 0.3) is 0 Å². The van der Waals surface area contributed by atoms with Gasteiger partial charge in [0, 0.05) is 32.0 Å². The molecule has 7 heteroatoms. The van der Waals surface area contributed by atoms with Gasteiger partial charge in [0.1, 0.15) is 0 Å². The molecule has 0 aromatic carbocycles. The molecule has 98 valence electrons. The molecule has 0 saturated carbocycles. The average molecular weight is 260 g/mol. The summed E-state index contributed by atoms with van der Waals surface area (Å²) in [4.78, 5) is 0. The van der Waals surface area contributed by atoms with E-state index in [1.54, 1.807) is 24.9 Å². The summed E-state index contributed by atoms with van der Waals surface area (Å²) in [5.74, 6) is 0. The lowest BCUT2D eigenvalue weighted by molar-refractivity contribution is 0.490. The van der Waals surface area contributed by atoms with Gasteiger partial charge in [-0.3, -0.25) is 4.68 Å². The molecule has 1 N–H and O–H groups in total. The van der Waals surface area contributed by atoms with Crippen molar-refractivity contribution in [2.45, 2.75) is 31.6 Å². The number of aryl methyl sites for hydroxylation is 1. The van der Waals surface area contributed by atoms with Crippen LogP contribution in [0.5, 0.6) is 0 Å². The number of aromatic nitrogens is 3. The van der Waals surface area contributed by atoms with Crippen LogP contribution in [0.1, 0.15) is 19.5 Å². The first kappa shape index (κ1) is 14.1. The number of hydrogen-bond acceptors (Lipinski definition) is 5. The van der Waals surface area contributed by atoms with Crippen molar-refractivity contribution in [1.29, 1.82) is 0 Å². The van der Waals surface area contributed by atoms with Gasteiger partial charge in [0.2, 0.25) is 0 Å². The van der Waals surface area contributed by atoms with Gasteiger partial charge in [-0.05, 0) is 13.5 Å². The van der Waals surface area contributed by atoms with Gasteiger partial charge in [-0.1, -0.05) is 12.1 Å². The van der Waals surface area contributed by atoms with E-state index in [1.165, 1.54) is 6.26 Å².